The van der Waals surface area contributed by atoms with E-state index in [1.54, 1.807) is 12.1 Å². The van der Waals surface area contributed by atoms with Crippen LogP contribution < -0.4 is 0 Å². The van der Waals surface area contributed by atoms with E-state index < -0.39 is 0 Å². The van der Waals surface area contributed by atoms with Crippen molar-refractivity contribution < 1.29 is 5.11 Å². The topological polar surface area (TPSA) is 55.9 Å². The molecule has 1 N–H and O–H groups in total. The van der Waals surface area contributed by atoms with Crippen molar-refractivity contribution >= 4 is 0 Å². The highest BCUT2D eigenvalue weighted by molar-refractivity contribution is 5.79. The number of hydrogen-bond acceptors (Lipinski definition) is 3. The summed E-state index contributed by atoms with van der Waals surface area (Å²) in [6.45, 7) is 6.30. The number of benzene rings is 2. The lowest BCUT2D eigenvalue weighted by Gasteiger charge is -2.19. The third-order valence-electron chi connectivity index (χ3n) is 5.36. The van der Waals surface area contributed by atoms with Crippen LogP contribution in [0, 0.1) is 13.8 Å². The number of aryl methyl sites for hydroxylation is 2. The molecule has 5 heteroatoms. The number of aromatic nitrogens is 4. The molecule has 0 amide bonds. The molecule has 0 aliphatic rings. The van der Waals surface area contributed by atoms with Crippen molar-refractivity contribution in [1.82, 2.24) is 19.3 Å². The largest absolute Gasteiger partial charge is 0.508 e. The van der Waals surface area contributed by atoms with Crippen LogP contribution in [-0.4, -0.2) is 24.4 Å². The van der Waals surface area contributed by atoms with Gasteiger partial charge in [0.15, 0.2) is 0 Å². The average molecular weight is 372 g/mol. The predicted molar refractivity (Wildman–Crippen MR) is 111 cm³/mol. The highest BCUT2D eigenvalue weighted by Crippen LogP contribution is 2.37. The van der Waals surface area contributed by atoms with E-state index in [0.29, 0.717) is 0 Å². The van der Waals surface area contributed by atoms with Crippen LogP contribution in [0.4, 0.5) is 0 Å². The Morgan fingerprint density at radius 2 is 1.68 bits per heavy atom. The highest BCUT2D eigenvalue weighted by Gasteiger charge is 2.23. The van der Waals surface area contributed by atoms with Gasteiger partial charge in [-0.2, -0.15) is 5.10 Å². The minimum Gasteiger partial charge on any atom is -0.508 e. The molecule has 2 aromatic heterocycles. The molecule has 0 radical (unpaired) electrons. The van der Waals surface area contributed by atoms with Crippen LogP contribution in [0.2, 0.25) is 0 Å². The van der Waals surface area contributed by atoms with Gasteiger partial charge in [-0.1, -0.05) is 42.5 Å². The van der Waals surface area contributed by atoms with E-state index in [9.17, 15) is 5.11 Å². The summed E-state index contributed by atoms with van der Waals surface area (Å²) in [7, 11) is 1.97. The molecular formula is C23H24N4O. The maximum Gasteiger partial charge on any atom is 0.116 e. The smallest absolute Gasteiger partial charge is 0.116 e. The molecule has 1 atom stereocenters. The van der Waals surface area contributed by atoms with Gasteiger partial charge in [-0.05, 0) is 32.9 Å². The third kappa shape index (κ3) is 2.99. The molecule has 0 saturated carbocycles. The second kappa shape index (κ2) is 7.00. The molecule has 0 fully saturated rings. The summed E-state index contributed by atoms with van der Waals surface area (Å²) in [5.74, 6) is 0.241. The summed E-state index contributed by atoms with van der Waals surface area (Å²) in [6, 6.07) is 17.5. The van der Waals surface area contributed by atoms with Gasteiger partial charge in [-0.25, -0.2) is 4.98 Å². The van der Waals surface area contributed by atoms with Crippen molar-refractivity contribution in [3.8, 4) is 28.3 Å². The number of imidazole rings is 1. The van der Waals surface area contributed by atoms with Crippen LogP contribution in [-0.2, 0) is 7.05 Å². The fourth-order valence-electron chi connectivity index (χ4n) is 3.93. The molecule has 0 spiro atoms. The van der Waals surface area contributed by atoms with Gasteiger partial charge in [0, 0.05) is 29.4 Å². The minimum absolute atomic E-state index is 0.0519. The van der Waals surface area contributed by atoms with E-state index in [2.05, 4.69) is 35.6 Å². The maximum absolute atomic E-state index is 10.1. The lowest BCUT2D eigenvalue weighted by Crippen LogP contribution is -2.10. The van der Waals surface area contributed by atoms with Crippen molar-refractivity contribution in [1.29, 1.82) is 0 Å². The first-order valence-electron chi connectivity index (χ1n) is 9.39. The maximum atomic E-state index is 10.1. The zero-order valence-corrected chi connectivity index (χ0v) is 16.6. The Labute approximate surface area is 164 Å². The molecule has 0 bridgehead atoms. The Bertz CT molecular complexity index is 1120. The van der Waals surface area contributed by atoms with Gasteiger partial charge in [-0.15, -0.1) is 0 Å². The van der Waals surface area contributed by atoms with Gasteiger partial charge in [0.05, 0.1) is 29.5 Å². The van der Waals surface area contributed by atoms with Crippen molar-refractivity contribution in [2.75, 3.05) is 0 Å². The molecule has 4 aromatic rings. The summed E-state index contributed by atoms with van der Waals surface area (Å²) in [4.78, 5) is 4.76. The molecule has 28 heavy (non-hydrogen) atoms. The van der Waals surface area contributed by atoms with Crippen LogP contribution in [0.3, 0.4) is 0 Å². The van der Waals surface area contributed by atoms with E-state index in [1.165, 1.54) is 5.56 Å². The normalized spacial score (nSPS) is 12.3. The first-order valence-corrected chi connectivity index (χ1v) is 9.39. The molecule has 2 aromatic carbocycles. The Morgan fingerprint density at radius 1 is 0.964 bits per heavy atom. The first-order chi connectivity index (χ1) is 13.5. The number of phenolic OH excluding ortho intramolecular Hbond substituents is 1. The summed E-state index contributed by atoms with van der Waals surface area (Å²) >= 11 is 0. The van der Waals surface area contributed by atoms with Crippen LogP contribution >= 0.6 is 0 Å². The quantitative estimate of drug-likeness (QED) is 0.555. The number of hydrogen-bond donors (Lipinski definition) is 1. The molecule has 0 saturated heterocycles. The lowest BCUT2D eigenvalue weighted by atomic mass is 10.0. The molecular weight excluding hydrogens is 348 g/mol. The Balaban J connectivity index is 1.94. The Kier molecular flexibility index (Phi) is 4.51. The first kappa shape index (κ1) is 18.0. The fraction of sp³-hybridized carbons (Fsp3) is 0.217. The van der Waals surface area contributed by atoms with Gasteiger partial charge in [0.1, 0.15) is 5.75 Å². The van der Waals surface area contributed by atoms with Crippen LogP contribution in [0.25, 0.3) is 22.5 Å². The molecule has 142 valence electrons. The van der Waals surface area contributed by atoms with Crippen molar-refractivity contribution in [2.45, 2.75) is 26.8 Å². The zero-order chi connectivity index (χ0) is 19.8. The average Bonchev–Trinajstić information content (AvgIpc) is 3.23. The van der Waals surface area contributed by atoms with Gasteiger partial charge in [-0.3, -0.25) is 4.68 Å². The van der Waals surface area contributed by atoms with Crippen molar-refractivity contribution in [3.63, 3.8) is 0 Å². The number of rotatable bonds is 4. The van der Waals surface area contributed by atoms with Gasteiger partial charge in [0.2, 0.25) is 0 Å². The molecule has 1 unspecified atom stereocenters. The van der Waals surface area contributed by atoms with Crippen molar-refractivity contribution in [3.05, 3.63) is 77.9 Å². The lowest BCUT2D eigenvalue weighted by molar-refractivity contribution is 0.475. The summed E-state index contributed by atoms with van der Waals surface area (Å²) in [5, 5.41) is 14.7. The van der Waals surface area contributed by atoms with Crippen molar-refractivity contribution in [2.24, 2.45) is 7.05 Å². The Morgan fingerprint density at radius 3 is 2.32 bits per heavy atom. The second-order valence-electron chi connectivity index (χ2n) is 7.15. The summed E-state index contributed by atoms with van der Waals surface area (Å²) < 4.78 is 4.10. The van der Waals surface area contributed by atoms with Crippen LogP contribution in [0.5, 0.6) is 5.75 Å². The number of aromatic hydroxyl groups is 1. The second-order valence-corrected chi connectivity index (χ2v) is 7.15. The standard InChI is InChI=1S/C23H24N4O/c1-15-21(16(2)26(4)25-15)17(3)27-14-24-22(18-9-6-5-7-10-18)23(27)19-11-8-12-20(28)13-19/h5-14,17,28H,1-4H3. The molecule has 2 heterocycles. The monoisotopic (exact) mass is 372 g/mol. The van der Waals surface area contributed by atoms with E-state index >= 15 is 0 Å². The SMILES string of the molecule is Cc1nn(C)c(C)c1C(C)n1cnc(-c2ccccc2)c1-c1cccc(O)c1. The molecule has 0 aliphatic carbocycles. The highest BCUT2D eigenvalue weighted by atomic mass is 16.3. The number of phenols is 1. The third-order valence-corrected chi connectivity index (χ3v) is 5.36. The van der Waals surface area contributed by atoms with Crippen LogP contribution in [0.1, 0.15) is 29.9 Å². The zero-order valence-electron chi connectivity index (χ0n) is 16.6. The Hall–Kier alpha value is -3.34. The summed E-state index contributed by atoms with van der Waals surface area (Å²) in [6.07, 6.45) is 1.89. The number of nitrogens with zero attached hydrogens (tertiary/aromatic N) is 4. The predicted octanol–water partition coefficient (Wildman–Crippen LogP) is 4.88. The van der Waals surface area contributed by atoms with E-state index in [0.717, 1.165) is 33.9 Å². The molecule has 5 nitrogen and oxygen atoms in total. The summed E-state index contributed by atoms with van der Waals surface area (Å²) in [5.41, 5.74) is 7.22. The van der Waals surface area contributed by atoms with Gasteiger partial charge >= 0.3 is 0 Å². The van der Waals surface area contributed by atoms with Gasteiger partial charge < -0.3 is 9.67 Å². The van der Waals surface area contributed by atoms with E-state index in [1.807, 2.05) is 55.3 Å². The van der Waals surface area contributed by atoms with Gasteiger partial charge in [0.25, 0.3) is 0 Å². The van der Waals surface area contributed by atoms with E-state index in [4.69, 9.17) is 4.98 Å². The fourth-order valence-corrected chi connectivity index (χ4v) is 3.93. The molecule has 0 aliphatic heterocycles. The van der Waals surface area contributed by atoms with Crippen LogP contribution in [0.15, 0.2) is 60.9 Å². The minimum atomic E-state index is 0.0519. The molecule has 4 rings (SSSR count). The van der Waals surface area contributed by atoms with E-state index in [-0.39, 0.29) is 11.8 Å².